The van der Waals surface area contributed by atoms with Crippen molar-refractivity contribution in [2.75, 3.05) is 0 Å². The molecule has 0 aliphatic heterocycles. The van der Waals surface area contributed by atoms with Gasteiger partial charge in [-0.1, -0.05) is 13.8 Å². The first-order valence-corrected chi connectivity index (χ1v) is 5.95. The minimum atomic E-state index is -0.225. The van der Waals surface area contributed by atoms with E-state index in [4.69, 9.17) is 0 Å². The molecule has 0 saturated carbocycles. The number of hydrogen-bond donors (Lipinski definition) is 1. The highest BCUT2D eigenvalue weighted by Gasteiger charge is 2.34. The Morgan fingerprint density at radius 2 is 2.16 bits per heavy atom. The smallest absolute Gasteiger partial charge is 0.272 e. The highest BCUT2D eigenvalue weighted by Crippen LogP contribution is 2.38. The molecule has 0 aromatic carbocycles. The lowest BCUT2D eigenvalue weighted by atomic mass is 9.76. The molecule has 0 bridgehead atoms. The zero-order chi connectivity index (χ0) is 13.6. The van der Waals surface area contributed by atoms with E-state index in [1.807, 2.05) is 13.8 Å². The van der Waals surface area contributed by atoms with Crippen molar-refractivity contribution in [1.29, 1.82) is 0 Å². The Morgan fingerprint density at radius 3 is 2.89 bits per heavy atom. The number of allylic oxidation sites excluding steroid dienone is 2. The summed E-state index contributed by atoms with van der Waals surface area (Å²) >= 11 is 0. The maximum atomic E-state index is 12.2. The van der Waals surface area contributed by atoms with Gasteiger partial charge in [0, 0.05) is 12.8 Å². The van der Waals surface area contributed by atoms with Crippen LogP contribution >= 0.6 is 0 Å². The predicted molar refractivity (Wildman–Crippen MR) is 66.1 cm³/mol. The summed E-state index contributed by atoms with van der Waals surface area (Å²) in [6.07, 6.45) is 3.70. The van der Waals surface area contributed by atoms with Crippen molar-refractivity contribution >= 4 is 17.1 Å². The number of carbonyl (C=O) groups excluding carboxylic acids is 1. The first kappa shape index (κ1) is 11.8. The van der Waals surface area contributed by atoms with Crippen LogP contribution in [0.5, 0.6) is 0 Å². The Balaban J connectivity index is 2.12. The summed E-state index contributed by atoms with van der Waals surface area (Å²) in [5.74, 6) is 0.252. The fourth-order valence-corrected chi connectivity index (χ4v) is 2.33. The van der Waals surface area contributed by atoms with Crippen LogP contribution in [0.25, 0.3) is 11.4 Å². The van der Waals surface area contributed by atoms with E-state index in [0.717, 1.165) is 0 Å². The van der Waals surface area contributed by atoms with Gasteiger partial charge in [0.1, 0.15) is 17.8 Å². The number of nitrogens with zero attached hydrogens (tertiary/aromatic N) is 5. The molecule has 2 aromatic rings. The summed E-state index contributed by atoms with van der Waals surface area (Å²) in [4.78, 5) is 16.4. The fourth-order valence-electron chi connectivity index (χ4n) is 2.33. The third kappa shape index (κ3) is 1.96. The molecule has 2 aromatic heterocycles. The van der Waals surface area contributed by atoms with Crippen molar-refractivity contribution < 1.29 is 9.90 Å². The van der Waals surface area contributed by atoms with Crippen LogP contribution in [0.2, 0.25) is 0 Å². The van der Waals surface area contributed by atoms with Crippen molar-refractivity contribution in [2.45, 2.75) is 26.7 Å². The normalized spacial score (nSPS) is 19.2. The second kappa shape index (κ2) is 3.84. The minimum Gasteiger partial charge on any atom is -0.511 e. The van der Waals surface area contributed by atoms with E-state index in [1.165, 1.54) is 17.0 Å². The van der Waals surface area contributed by atoms with E-state index in [-0.39, 0.29) is 22.5 Å². The number of rotatable bonds is 1. The maximum absolute atomic E-state index is 12.2. The van der Waals surface area contributed by atoms with Crippen molar-refractivity contribution in [3.63, 3.8) is 0 Å². The molecule has 0 spiro atoms. The van der Waals surface area contributed by atoms with Gasteiger partial charge in [-0.15, -0.1) is 10.2 Å². The number of aliphatic hydroxyl groups excluding tert-OH is 1. The molecular weight excluding hydrogens is 246 g/mol. The first-order valence-electron chi connectivity index (χ1n) is 5.95. The molecule has 3 rings (SSSR count). The average Bonchev–Trinajstić information content (AvgIpc) is 2.73. The van der Waals surface area contributed by atoms with Crippen LogP contribution < -0.4 is 0 Å². The SMILES string of the molecule is CC1(C)CC(=O)C(c2cnn3cnnc3n2)=C(O)C1. The van der Waals surface area contributed by atoms with Gasteiger partial charge in [-0.3, -0.25) is 4.79 Å². The fraction of sp³-hybridized carbons (Fsp3) is 0.417. The highest BCUT2D eigenvalue weighted by atomic mass is 16.3. The molecule has 0 saturated heterocycles. The largest absolute Gasteiger partial charge is 0.511 e. The molecular formula is C12H13N5O2. The van der Waals surface area contributed by atoms with Gasteiger partial charge in [0.2, 0.25) is 0 Å². The summed E-state index contributed by atoms with van der Waals surface area (Å²) in [6.45, 7) is 3.90. The Bertz CT molecular complexity index is 701. The molecule has 0 atom stereocenters. The lowest BCUT2D eigenvalue weighted by Gasteiger charge is -2.29. The summed E-state index contributed by atoms with van der Waals surface area (Å²) in [5, 5.41) is 21.6. The monoisotopic (exact) mass is 259 g/mol. The van der Waals surface area contributed by atoms with E-state index in [9.17, 15) is 9.90 Å². The van der Waals surface area contributed by atoms with E-state index < -0.39 is 0 Å². The average molecular weight is 259 g/mol. The van der Waals surface area contributed by atoms with Crippen molar-refractivity contribution in [2.24, 2.45) is 5.41 Å². The number of Topliss-reactive ketones (excluding diaryl/α,β-unsaturated/α-hetero) is 1. The molecule has 7 nitrogen and oxygen atoms in total. The maximum Gasteiger partial charge on any atom is 0.272 e. The third-order valence-electron chi connectivity index (χ3n) is 3.15. The van der Waals surface area contributed by atoms with Crippen LogP contribution in [0.4, 0.5) is 0 Å². The van der Waals surface area contributed by atoms with Crippen LogP contribution in [0.3, 0.4) is 0 Å². The van der Waals surface area contributed by atoms with Crippen molar-refractivity contribution in [3.05, 3.63) is 24.0 Å². The van der Waals surface area contributed by atoms with Crippen LogP contribution in [0, 0.1) is 5.41 Å². The van der Waals surface area contributed by atoms with Gasteiger partial charge in [0.15, 0.2) is 5.78 Å². The topological polar surface area (TPSA) is 93.3 Å². The van der Waals surface area contributed by atoms with Gasteiger partial charge in [-0.25, -0.2) is 4.98 Å². The molecule has 98 valence electrons. The standard InChI is InChI=1S/C12H13N5O2/c1-12(2)3-8(18)10(9(19)4-12)7-5-14-17-6-13-16-11(17)15-7/h5-6,18H,3-4H2,1-2H3. The number of ketones is 1. The van der Waals surface area contributed by atoms with Crippen LogP contribution in [-0.4, -0.2) is 35.7 Å². The molecule has 19 heavy (non-hydrogen) atoms. The molecule has 0 unspecified atom stereocenters. The highest BCUT2D eigenvalue weighted by molar-refractivity contribution is 6.21. The molecule has 0 radical (unpaired) electrons. The zero-order valence-corrected chi connectivity index (χ0v) is 10.7. The summed E-state index contributed by atoms with van der Waals surface area (Å²) < 4.78 is 1.40. The number of carbonyl (C=O) groups is 1. The van der Waals surface area contributed by atoms with Gasteiger partial charge in [0.25, 0.3) is 5.78 Å². The number of aliphatic hydroxyl groups is 1. The molecule has 1 aliphatic carbocycles. The molecule has 1 N–H and O–H groups in total. The van der Waals surface area contributed by atoms with E-state index >= 15 is 0 Å². The second-order valence-electron chi connectivity index (χ2n) is 5.48. The van der Waals surface area contributed by atoms with Crippen LogP contribution in [0.15, 0.2) is 18.3 Å². The van der Waals surface area contributed by atoms with Crippen molar-refractivity contribution in [1.82, 2.24) is 24.8 Å². The van der Waals surface area contributed by atoms with Gasteiger partial charge in [-0.05, 0) is 5.41 Å². The minimum absolute atomic E-state index is 0.0689. The molecule has 1 aliphatic rings. The van der Waals surface area contributed by atoms with Gasteiger partial charge in [0.05, 0.1) is 11.8 Å². The first-order chi connectivity index (χ1) is 8.96. The molecule has 7 heteroatoms. The number of fused-ring (bicyclic) bond motifs is 1. The van der Waals surface area contributed by atoms with Crippen LogP contribution in [-0.2, 0) is 4.79 Å². The van der Waals surface area contributed by atoms with Gasteiger partial charge < -0.3 is 5.11 Å². The summed E-state index contributed by atoms with van der Waals surface area (Å²) in [7, 11) is 0. The molecule has 0 amide bonds. The van der Waals surface area contributed by atoms with E-state index in [2.05, 4.69) is 20.3 Å². The van der Waals surface area contributed by atoms with Crippen molar-refractivity contribution in [3.8, 4) is 0 Å². The van der Waals surface area contributed by atoms with Gasteiger partial charge >= 0.3 is 0 Å². The Hall–Kier alpha value is -2.31. The molecule has 2 heterocycles. The summed E-state index contributed by atoms with van der Waals surface area (Å²) in [6, 6.07) is 0. The lowest BCUT2D eigenvalue weighted by Crippen LogP contribution is -2.25. The second-order valence-corrected chi connectivity index (χ2v) is 5.48. The lowest BCUT2D eigenvalue weighted by molar-refractivity contribution is -0.116. The number of aromatic nitrogens is 5. The zero-order valence-electron chi connectivity index (χ0n) is 10.7. The van der Waals surface area contributed by atoms with Crippen LogP contribution in [0.1, 0.15) is 32.4 Å². The third-order valence-corrected chi connectivity index (χ3v) is 3.15. The molecule has 0 fully saturated rings. The Morgan fingerprint density at radius 1 is 1.37 bits per heavy atom. The van der Waals surface area contributed by atoms with E-state index in [0.29, 0.717) is 24.3 Å². The van der Waals surface area contributed by atoms with E-state index in [1.54, 1.807) is 0 Å². The Kier molecular flexibility index (Phi) is 2.38. The predicted octanol–water partition coefficient (Wildman–Crippen LogP) is 1.18. The van der Waals surface area contributed by atoms with Gasteiger partial charge in [-0.2, -0.15) is 9.61 Å². The quantitative estimate of drug-likeness (QED) is 0.826. The Labute approximate surface area is 109 Å². The summed E-state index contributed by atoms with van der Waals surface area (Å²) in [5.41, 5.74) is 0.368. The number of hydrogen-bond acceptors (Lipinski definition) is 6.